The second-order valence-corrected chi connectivity index (χ2v) is 5.93. The summed E-state index contributed by atoms with van der Waals surface area (Å²) in [5, 5.41) is 3.24. The molecule has 0 saturated carbocycles. The summed E-state index contributed by atoms with van der Waals surface area (Å²) in [6.45, 7) is 6.83. The zero-order valence-electron chi connectivity index (χ0n) is 13.1. The molecule has 1 aromatic heterocycles. The molecule has 1 unspecified atom stereocenters. The number of nitrogens with one attached hydrogen (secondary N) is 1. The molecule has 1 rings (SSSR count). The number of carbonyl (C=O) groups excluding carboxylic acids is 1. The number of hydrogen-bond donors (Lipinski definition) is 1. The Kier molecular flexibility index (Phi) is 6.85. The van der Waals surface area contributed by atoms with Crippen LogP contribution >= 0.6 is 11.8 Å². The fraction of sp³-hybridized carbons (Fsp3) is 0.600. The fourth-order valence-electron chi connectivity index (χ4n) is 1.94. The lowest BCUT2D eigenvalue weighted by atomic mass is 10.1. The minimum Gasteiger partial charge on any atom is -0.385 e. The van der Waals surface area contributed by atoms with Crippen LogP contribution in [0.5, 0.6) is 0 Å². The number of thioether (sulfide) groups is 1. The van der Waals surface area contributed by atoms with E-state index in [1.165, 1.54) is 0 Å². The first kappa shape index (κ1) is 16.8. The van der Waals surface area contributed by atoms with Gasteiger partial charge in [-0.05, 0) is 45.3 Å². The van der Waals surface area contributed by atoms with Gasteiger partial charge in [0.1, 0.15) is 0 Å². The van der Waals surface area contributed by atoms with E-state index in [0.29, 0.717) is 5.56 Å². The van der Waals surface area contributed by atoms with Crippen molar-refractivity contribution in [1.82, 2.24) is 9.88 Å². The van der Waals surface area contributed by atoms with Crippen molar-refractivity contribution in [2.75, 3.05) is 30.9 Å². The van der Waals surface area contributed by atoms with Crippen LogP contribution < -0.4 is 5.32 Å². The first-order valence-corrected chi connectivity index (χ1v) is 8.37. The lowest BCUT2D eigenvalue weighted by molar-refractivity contribution is 0.0742. The molecule has 5 heteroatoms. The number of pyridine rings is 1. The first-order chi connectivity index (χ1) is 9.51. The molecule has 1 N–H and O–H groups in total. The van der Waals surface area contributed by atoms with Gasteiger partial charge in [0.2, 0.25) is 0 Å². The van der Waals surface area contributed by atoms with Crippen LogP contribution in [0.4, 0.5) is 5.69 Å². The van der Waals surface area contributed by atoms with E-state index in [4.69, 9.17) is 0 Å². The highest BCUT2D eigenvalue weighted by atomic mass is 32.2. The SMILES string of the molecule is CCNc1cc(C)ncc1C(=O)N(C)C(C)CCSC. The van der Waals surface area contributed by atoms with Gasteiger partial charge in [0.05, 0.1) is 11.3 Å². The molecule has 0 bridgehead atoms. The Bertz CT molecular complexity index is 451. The number of anilines is 1. The number of aromatic nitrogens is 1. The number of rotatable bonds is 7. The van der Waals surface area contributed by atoms with Gasteiger partial charge >= 0.3 is 0 Å². The van der Waals surface area contributed by atoms with E-state index in [-0.39, 0.29) is 11.9 Å². The summed E-state index contributed by atoms with van der Waals surface area (Å²) in [7, 11) is 1.86. The molecule has 1 aromatic rings. The summed E-state index contributed by atoms with van der Waals surface area (Å²) in [5.74, 6) is 1.09. The Hall–Kier alpha value is -1.23. The van der Waals surface area contributed by atoms with Crippen LogP contribution in [0.25, 0.3) is 0 Å². The van der Waals surface area contributed by atoms with Gasteiger partial charge in [-0.3, -0.25) is 9.78 Å². The van der Waals surface area contributed by atoms with Crippen molar-refractivity contribution >= 4 is 23.4 Å². The Morgan fingerprint density at radius 2 is 2.25 bits per heavy atom. The van der Waals surface area contributed by atoms with Crippen LogP contribution in [0, 0.1) is 6.92 Å². The molecule has 0 aliphatic carbocycles. The van der Waals surface area contributed by atoms with Crippen LogP contribution in [-0.4, -0.2) is 47.4 Å². The molecule has 1 amide bonds. The standard InChI is InChI=1S/C15H25N3OS/c1-6-16-14-9-11(2)17-10-13(14)15(19)18(4)12(3)7-8-20-5/h9-10,12H,6-8H2,1-5H3,(H,16,17). The molecular formula is C15H25N3OS. The van der Waals surface area contributed by atoms with Crippen LogP contribution in [0.15, 0.2) is 12.3 Å². The van der Waals surface area contributed by atoms with E-state index < -0.39 is 0 Å². The van der Waals surface area contributed by atoms with Gasteiger partial charge in [0.25, 0.3) is 5.91 Å². The highest BCUT2D eigenvalue weighted by Gasteiger charge is 2.20. The fourth-order valence-corrected chi connectivity index (χ4v) is 2.52. The van der Waals surface area contributed by atoms with Gasteiger partial charge in [-0.2, -0.15) is 11.8 Å². The summed E-state index contributed by atoms with van der Waals surface area (Å²) < 4.78 is 0. The smallest absolute Gasteiger partial charge is 0.257 e. The molecule has 0 aliphatic heterocycles. The molecule has 0 spiro atoms. The van der Waals surface area contributed by atoms with Crippen molar-refractivity contribution < 1.29 is 4.79 Å². The summed E-state index contributed by atoms with van der Waals surface area (Å²) in [6.07, 6.45) is 4.76. The normalized spacial score (nSPS) is 12.1. The Morgan fingerprint density at radius 1 is 1.55 bits per heavy atom. The molecule has 0 aromatic carbocycles. The van der Waals surface area contributed by atoms with Crippen molar-refractivity contribution in [1.29, 1.82) is 0 Å². The largest absolute Gasteiger partial charge is 0.385 e. The Morgan fingerprint density at radius 3 is 2.85 bits per heavy atom. The third-order valence-electron chi connectivity index (χ3n) is 3.36. The quantitative estimate of drug-likeness (QED) is 0.840. The number of carbonyl (C=O) groups is 1. The highest BCUT2D eigenvalue weighted by molar-refractivity contribution is 7.98. The molecule has 1 atom stereocenters. The predicted octanol–water partition coefficient (Wildman–Crippen LogP) is 3.04. The minimum atomic E-state index is 0.0297. The summed E-state index contributed by atoms with van der Waals surface area (Å²) in [4.78, 5) is 18.7. The summed E-state index contributed by atoms with van der Waals surface area (Å²) in [6, 6.07) is 2.16. The van der Waals surface area contributed by atoms with E-state index >= 15 is 0 Å². The topological polar surface area (TPSA) is 45.2 Å². The van der Waals surface area contributed by atoms with Gasteiger partial charge in [-0.15, -0.1) is 0 Å². The summed E-state index contributed by atoms with van der Waals surface area (Å²) >= 11 is 1.81. The van der Waals surface area contributed by atoms with Crippen molar-refractivity contribution in [3.8, 4) is 0 Å². The number of nitrogens with zero attached hydrogens (tertiary/aromatic N) is 2. The average Bonchev–Trinajstić information content (AvgIpc) is 2.43. The van der Waals surface area contributed by atoms with Crippen LogP contribution in [0.3, 0.4) is 0 Å². The second-order valence-electron chi connectivity index (χ2n) is 4.95. The zero-order valence-corrected chi connectivity index (χ0v) is 13.9. The zero-order chi connectivity index (χ0) is 15.1. The van der Waals surface area contributed by atoms with E-state index in [9.17, 15) is 4.79 Å². The van der Waals surface area contributed by atoms with E-state index in [0.717, 1.165) is 30.1 Å². The van der Waals surface area contributed by atoms with Gasteiger partial charge in [-0.1, -0.05) is 0 Å². The monoisotopic (exact) mass is 295 g/mol. The van der Waals surface area contributed by atoms with Gasteiger partial charge < -0.3 is 10.2 Å². The lowest BCUT2D eigenvalue weighted by Gasteiger charge is -2.25. The maximum Gasteiger partial charge on any atom is 0.257 e. The predicted molar refractivity (Wildman–Crippen MR) is 87.7 cm³/mol. The van der Waals surface area contributed by atoms with Crippen molar-refractivity contribution in [2.24, 2.45) is 0 Å². The third kappa shape index (κ3) is 4.40. The van der Waals surface area contributed by atoms with Gasteiger partial charge in [0, 0.05) is 31.5 Å². The molecule has 0 radical (unpaired) electrons. The molecule has 112 valence electrons. The maximum absolute atomic E-state index is 12.6. The number of amides is 1. The van der Waals surface area contributed by atoms with Crippen LogP contribution in [-0.2, 0) is 0 Å². The number of hydrogen-bond acceptors (Lipinski definition) is 4. The van der Waals surface area contributed by atoms with E-state index in [1.54, 1.807) is 18.0 Å². The highest BCUT2D eigenvalue weighted by Crippen LogP contribution is 2.19. The lowest BCUT2D eigenvalue weighted by Crippen LogP contribution is -2.36. The maximum atomic E-state index is 12.6. The van der Waals surface area contributed by atoms with E-state index in [1.807, 2.05) is 31.9 Å². The molecule has 0 aliphatic rings. The van der Waals surface area contributed by atoms with Crippen molar-refractivity contribution in [3.05, 3.63) is 23.5 Å². The molecular weight excluding hydrogens is 270 g/mol. The Balaban J connectivity index is 2.90. The molecule has 0 saturated heterocycles. The second kappa shape index (κ2) is 8.15. The van der Waals surface area contributed by atoms with Crippen molar-refractivity contribution in [3.63, 3.8) is 0 Å². The van der Waals surface area contributed by atoms with Gasteiger partial charge in [-0.25, -0.2) is 0 Å². The van der Waals surface area contributed by atoms with Gasteiger partial charge in [0.15, 0.2) is 0 Å². The molecule has 1 heterocycles. The molecule has 20 heavy (non-hydrogen) atoms. The first-order valence-electron chi connectivity index (χ1n) is 6.97. The van der Waals surface area contributed by atoms with Crippen LogP contribution in [0.1, 0.15) is 36.3 Å². The minimum absolute atomic E-state index is 0.0297. The Labute approximate surface area is 126 Å². The molecule has 4 nitrogen and oxygen atoms in total. The third-order valence-corrected chi connectivity index (χ3v) is 4.00. The average molecular weight is 295 g/mol. The number of aryl methyl sites for hydroxylation is 1. The molecule has 0 fully saturated rings. The summed E-state index contributed by atoms with van der Waals surface area (Å²) in [5.41, 5.74) is 2.43. The van der Waals surface area contributed by atoms with Crippen molar-refractivity contribution in [2.45, 2.75) is 33.2 Å². The van der Waals surface area contributed by atoms with Crippen LogP contribution in [0.2, 0.25) is 0 Å². The van der Waals surface area contributed by atoms with E-state index in [2.05, 4.69) is 23.5 Å².